The molecule has 0 unspecified atom stereocenters. The van der Waals surface area contributed by atoms with E-state index in [0.29, 0.717) is 11.7 Å². The Balaban J connectivity index is 1.90. The molecule has 0 atom stereocenters. The SMILES string of the molecule is COc1ccccc1CN=C(N)SCc1ccc(Br)cc1. The number of aliphatic imine (C=N–C) groups is 1. The minimum Gasteiger partial charge on any atom is -0.496 e. The summed E-state index contributed by atoms with van der Waals surface area (Å²) in [5.41, 5.74) is 8.21. The molecule has 0 saturated heterocycles. The van der Waals surface area contributed by atoms with E-state index in [-0.39, 0.29) is 0 Å². The summed E-state index contributed by atoms with van der Waals surface area (Å²) in [7, 11) is 1.66. The Morgan fingerprint density at radius 1 is 1.19 bits per heavy atom. The van der Waals surface area contributed by atoms with E-state index < -0.39 is 0 Å². The van der Waals surface area contributed by atoms with Gasteiger partial charge in [0.2, 0.25) is 0 Å². The number of para-hydroxylation sites is 1. The average molecular weight is 365 g/mol. The zero-order valence-electron chi connectivity index (χ0n) is 11.8. The molecule has 0 aliphatic rings. The quantitative estimate of drug-likeness (QED) is 0.638. The Labute approximate surface area is 137 Å². The maximum atomic E-state index is 5.95. The van der Waals surface area contributed by atoms with Crippen molar-refractivity contribution in [3.8, 4) is 5.75 Å². The number of rotatable bonds is 5. The number of nitrogens with two attached hydrogens (primary N) is 1. The molecule has 110 valence electrons. The normalized spacial score (nSPS) is 11.4. The molecule has 0 fully saturated rings. The molecule has 0 saturated carbocycles. The van der Waals surface area contributed by atoms with Gasteiger partial charge < -0.3 is 10.5 Å². The lowest BCUT2D eigenvalue weighted by atomic mass is 10.2. The van der Waals surface area contributed by atoms with Crippen LogP contribution in [0.1, 0.15) is 11.1 Å². The maximum Gasteiger partial charge on any atom is 0.154 e. The summed E-state index contributed by atoms with van der Waals surface area (Å²) in [6.45, 7) is 0.531. The molecule has 0 aromatic heterocycles. The van der Waals surface area contributed by atoms with Crippen LogP contribution < -0.4 is 10.5 Å². The third-order valence-corrected chi connectivity index (χ3v) is 4.33. The minimum absolute atomic E-state index is 0.531. The van der Waals surface area contributed by atoms with Gasteiger partial charge in [0, 0.05) is 15.8 Å². The maximum absolute atomic E-state index is 5.95. The predicted octanol–water partition coefficient (Wildman–Crippen LogP) is 4.21. The molecule has 0 aliphatic carbocycles. The molecule has 3 nitrogen and oxygen atoms in total. The molecule has 0 bridgehead atoms. The Morgan fingerprint density at radius 2 is 1.90 bits per heavy atom. The fraction of sp³-hybridized carbons (Fsp3) is 0.188. The molecule has 0 heterocycles. The van der Waals surface area contributed by atoms with Crippen LogP contribution in [0.3, 0.4) is 0 Å². The van der Waals surface area contributed by atoms with Crippen molar-refractivity contribution in [2.24, 2.45) is 10.7 Å². The molecule has 21 heavy (non-hydrogen) atoms. The van der Waals surface area contributed by atoms with E-state index in [9.17, 15) is 0 Å². The van der Waals surface area contributed by atoms with Gasteiger partial charge in [-0.15, -0.1) is 0 Å². The van der Waals surface area contributed by atoms with Crippen molar-refractivity contribution in [2.45, 2.75) is 12.3 Å². The molecule has 0 amide bonds. The monoisotopic (exact) mass is 364 g/mol. The third kappa shape index (κ3) is 5.10. The molecule has 0 radical (unpaired) electrons. The second-order valence-electron chi connectivity index (χ2n) is 4.38. The summed E-state index contributed by atoms with van der Waals surface area (Å²) in [4.78, 5) is 4.40. The fourth-order valence-corrected chi connectivity index (χ4v) is 2.71. The Hall–Kier alpha value is -1.46. The van der Waals surface area contributed by atoms with Crippen molar-refractivity contribution >= 4 is 32.9 Å². The summed E-state index contributed by atoms with van der Waals surface area (Å²) >= 11 is 4.96. The van der Waals surface area contributed by atoms with Crippen molar-refractivity contribution in [3.05, 3.63) is 64.1 Å². The van der Waals surface area contributed by atoms with E-state index in [1.54, 1.807) is 7.11 Å². The minimum atomic E-state index is 0.531. The highest BCUT2D eigenvalue weighted by atomic mass is 79.9. The van der Waals surface area contributed by atoms with Crippen LogP contribution in [0.4, 0.5) is 0 Å². The van der Waals surface area contributed by atoms with Crippen molar-refractivity contribution in [3.63, 3.8) is 0 Å². The first-order valence-corrected chi connectivity index (χ1v) is 8.26. The summed E-state index contributed by atoms with van der Waals surface area (Å²) in [5.74, 6) is 1.65. The Kier molecular flexibility index (Phi) is 6.14. The van der Waals surface area contributed by atoms with Crippen LogP contribution in [0.5, 0.6) is 5.75 Å². The number of benzene rings is 2. The number of ether oxygens (including phenoxy) is 1. The van der Waals surface area contributed by atoms with E-state index in [4.69, 9.17) is 10.5 Å². The summed E-state index contributed by atoms with van der Waals surface area (Å²) in [5, 5.41) is 0.587. The number of thioether (sulfide) groups is 1. The molecule has 2 rings (SSSR count). The third-order valence-electron chi connectivity index (χ3n) is 2.90. The van der Waals surface area contributed by atoms with Crippen LogP contribution in [-0.2, 0) is 12.3 Å². The van der Waals surface area contributed by atoms with Gasteiger partial charge in [-0.1, -0.05) is 58.0 Å². The smallest absolute Gasteiger partial charge is 0.154 e. The first-order chi connectivity index (χ1) is 10.2. The van der Waals surface area contributed by atoms with E-state index in [1.165, 1.54) is 17.3 Å². The largest absolute Gasteiger partial charge is 0.496 e. The lowest BCUT2D eigenvalue weighted by Crippen LogP contribution is -2.07. The molecule has 2 aromatic rings. The highest BCUT2D eigenvalue weighted by Crippen LogP contribution is 2.19. The van der Waals surface area contributed by atoms with Crippen LogP contribution in [0.2, 0.25) is 0 Å². The zero-order valence-corrected chi connectivity index (χ0v) is 14.2. The summed E-state index contributed by atoms with van der Waals surface area (Å²) in [6.07, 6.45) is 0. The molecular weight excluding hydrogens is 348 g/mol. The van der Waals surface area contributed by atoms with Gasteiger partial charge in [-0.3, -0.25) is 4.99 Å². The molecule has 5 heteroatoms. The van der Waals surface area contributed by atoms with Crippen LogP contribution in [0.25, 0.3) is 0 Å². The van der Waals surface area contributed by atoms with Gasteiger partial charge in [0.15, 0.2) is 5.17 Å². The lowest BCUT2D eigenvalue weighted by Gasteiger charge is -2.06. The standard InChI is InChI=1S/C16H17BrN2OS/c1-20-15-5-3-2-4-13(15)10-19-16(18)21-11-12-6-8-14(17)9-7-12/h2-9H,10-11H2,1H3,(H2,18,19). The molecule has 2 N–H and O–H groups in total. The predicted molar refractivity (Wildman–Crippen MR) is 93.8 cm³/mol. The molecule has 2 aromatic carbocycles. The number of amidine groups is 1. The second-order valence-corrected chi connectivity index (χ2v) is 6.29. The second kappa shape index (κ2) is 8.10. The van der Waals surface area contributed by atoms with Crippen LogP contribution >= 0.6 is 27.7 Å². The van der Waals surface area contributed by atoms with Gasteiger partial charge in [-0.05, 0) is 23.8 Å². The number of hydrogen-bond donors (Lipinski definition) is 1. The first-order valence-electron chi connectivity index (χ1n) is 6.48. The molecule has 0 aliphatic heterocycles. The number of halogens is 1. The van der Waals surface area contributed by atoms with Gasteiger partial charge in [0.1, 0.15) is 5.75 Å². The highest BCUT2D eigenvalue weighted by molar-refractivity contribution is 9.10. The van der Waals surface area contributed by atoms with Crippen molar-refractivity contribution in [2.75, 3.05) is 7.11 Å². The van der Waals surface area contributed by atoms with Crippen molar-refractivity contribution in [1.82, 2.24) is 0 Å². The lowest BCUT2D eigenvalue weighted by molar-refractivity contribution is 0.410. The Morgan fingerprint density at radius 3 is 2.62 bits per heavy atom. The first kappa shape index (κ1) is 15.9. The molecular formula is C16H17BrN2OS. The van der Waals surface area contributed by atoms with Gasteiger partial charge in [-0.25, -0.2) is 0 Å². The fourth-order valence-electron chi connectivity index (χ4n) is 1.78. The van der Waals surface area contributed by atoms with Crippen LogP contribution in [-0.4, -0.2) is 12.3 Å². The van der Waals surface area contributed by atoms with Crippen molar-refractivity contribution < 1.29 is 4.74 Å². The average Bonchev–Trinajstić information content (AvgIpc) is 2.52. The van der Waals surface area contributed by atoms with Gasteiger partial charge in [0.25, 0.3) is 0 Å². The number of hydrogen-bond acceptors (Lipinski definition) is 3. The summed E-state index contributed by atoms with van der Waals surface area (Å²) < 4.78 is 6.37. The van der Waals surface area contributed by atoms with Gasteiger partial charge in [0.05, 0.1) is 13.7 Å². The molecule has 0 spiro atoms. The highest BCUT2D eigenvalue weighted by Gasteiger charge is 2.01. The van der Waals surface area contributed by atoms with Crippen LogP contribution in [0, 0.1) is 0 Å². The van der Waals surface area contributed by atoms with Gasteiger partial charge >= 0.3 is 0 Å². The van der Waals surface area contributed by atoms with Crippen LogP contribution in [0.15, 0.2) is 58.0 Å². The van der Waals surface area contributed by atoms with E-state index >= 15 is 0 Å². The van der Waals surface area contributed by atoms with E-state index in [2.05, 4.69) is 33.1 Å². The number of nitrogens with zero attached hydrogens (tertiary/aromatic N) is 1. The van der Waals surface area contributed by atoms with Gasteiger partial charge in [-0.2, -0.15) is 0 Å². The van der Waals surface area contributed by atoms with E-state index in [0.717, 1.165) is 21.5 Å². The number of methoxy groups -OCH3 is 1. The topological polar surface area (TPSA) is 47.6 Å². The Bertz CT molecular complexity index is 614. The van der Waals surface area contributed by atoms with E-state index in [1.807, 2.05) is 36.4 Å². The summed E-state index contributed by atoms with van der Waals surface area (Å²) in [6, 6.07) is 16.0. The van der Waals surface area contributed by atoms with Crippen molar-refractivity contribution in [1.29, 1.82) is 0 Å². The zero-order chi connectivity index (χ0) is 15.1.